The SMILES string of the molecule is CC(ON)c1cnc(Cl)s1. The van der Waals surface area contributed by atoms with E-state index in [1.54, 1.807) is 6.20 Å². The van der Waals surface area contributed by atoms with Crippen LogP contribution in [0.3, 0.4) is 0 Å². The van der Waals surface area contributed by atoms with Gasteiger partial charge >= 0.3 is 0 Å². The zero-order valence-corrected chi connectivity index (χ0v) is 6.95. The molecule has 1 unspecified atom stereocenters. The molecule has 0 spiro atoms. The highest BCUT2D eigenvalue weighted by molar-refractivity contribution is 7.15. The second kappa shape index (κ2) is 3.30. The van der Waals surface area contributed by atoms with Crippen molar-refractivity contribution in [2.45, 2.75) is 13.0 Å². The van der Waals surface area contributed by atoms with Gasteiger partial charge in [-0.05, 0) is 6.92 Å². The van der Waals surface area contributed by atoms with Crippen LogP contribution in [0.25, 0.3) is 0 Å². The molecule has 0 aliphatic heterocycles. The van der Waals surface area contributed by atoms with E-state index in [2.05, 4.69) is 9.82 Å². The Hall–Kier alpha value is -0.160. The second-order valence-electron chi connectivity index (χ2n) is 1.79. The lowest BCUT2D eigenvalue weighted by Gasteiger charge is -2.02. The van der Waals surface area contributed by atoms with Crippen molar-refractivity contribution < 1.29 is 4.84 Å². The van der Waals surface area contributed by atoms with Crippen molar-refractivity contribution in [1.82, 2.24) is 4.98 Å². The van der Waals surface area contributed by atoms with Crippen LogP contribution in [0.15, 0.2) is 6.20 Å². The number of hydrogen-bond donors (Lipinski definition) is 1. The highest BCUT2D eigenvalue weighted by atomic mass is 35.5. The van der Waals surface area contributed by atoms with Gasteiger partial charge in [-0.3, -0.25) is 4.84 Å². The maximum Gasteiger partial charge on any atom is 0.183 e. The molecule has 2 N–H and O–H groups in total. The van der Waals surface area contributed by atoms with E-state index in [9.17, 15) is 0 Å². The van der Waals surface area contributed by atoms with Gasteiger partial charge in [-0.2, -0.15) is 0 Å². The first kappa shape index (κ1) is 7.94. The smallest absolute Gasteiger partial charge is 0.183 e. The molecule has 10 heavy (non-hydrogen) atoms. The molecule has 0 amide bonds. The fourth-order valence-electron chi connectivity index (χ4n) is 0.519. The Morgan fingerprint density at radius 3 is 3.00 bits per heavy atom. The summed E-state index contributed by atoms with van der Waals surface area (Å²) in [5.41, 5.74) is 0. The van der Waals surface area contributed by atoms with E-state index in [0.29, 0.717) is 4.47 Å². The first-order valence-corrected chi connectivity index (χ1v) is 3.90. The number of hydrogen-bond acceptors (Lipinski definition) is 4. The van der Waals surface area contributed by atoms with Crippen LogP contribution in [-0.2, 0) is 4.84 Å². The van der Waals surface area contributed by atoms with Crippen molar-refractivity contribution in [2.75, 3.05) is 0 Å². The summed E-state index contributed by atoms with van der Waals surface area (Å²) >= 11 is 6.94. The Kier molecular flexibility index (Phi) is 2.62. The highest BCUT2D eigenvalue weighted by Crippen LogP contribution is 2.24. The zero-order valence-electron chi connectivity index (χ0n) is 5.37. The highest BCUT2D eigenvalue weighted by Gasteiger charge is 2.07. The average molecular weight is 179 g/mol. The molecule has 1 aromatic rings. The minimum atomic E-state index is -0.120. The Morgan fingerprint density at radius 2 is 2.60 bits per heavy atom. The fraction of sp³-hybridized carbons (Fsp3) is 0.400. The third-order valence-corrected chi connectivity index (χ3v) is 2.38. The molecule has 56 valence electrons. The molecule has 1 heterocycles. The van der Waals surface area contributed by atoms with Gasteiger partial charge < -0.3 is 0 Å². The molecule has 0 aliphatic carbocycles. The third-order valence-electron chi connectivity index (χ3n) is 1.10. The Labute approximate surface area is 67.7 Å². The summed E-state index contributed by atoms with van der Waals surface area (Å²) in [7, 11) is 0. The van der Waals surface area contributed by atoms with Gasteiger partial charge in [-0.25, -0.2) is 10.9 Å². The van der Waals surface area contributed by atoms with Crippen molar-refractivity contribution in [3.8, 4) is 0 Å². The molecule has 0 aliphatic rings. The number of thiazole rings is 1. The number of nitrogens with two attached hydrogens (primary N) is 1. The molecule has 0 saturated heterocycles. The standard InChI is InChI=1S/C5H7ClN2OS/c1-3(9-7)4-2-8-5(6)10-4/h2-3H,7H2,1H3. The molecule has 0 bridgehead atoms. The summed E-state index contributed by atoms with van der Waals surface area (Å²) in [6, 6.07) is 0. The summed E-state index contributed by atoms with van der Waals surface area (Å²) in [5, 5.41) is 0. The molecule has 1 aromatic heterocycles. The molecule has 1 atom stereocenters. The minimum Gasteiger partial charge on any atom is -0.296 e. The van der Waals surface area contributed by atoms with E-state index in [0.717, 1.165) is 4.88 Å². The van der Waals surface area contributed by atoms with Crippen LogP contribution in [-0.4, -0.2) is 4.98 Å². The predicted molar refractivity (Wildman–Crippen MR) is 40.8 cm³/mol. The van der Waals surface area contributed by atoms with E-state index in [-0.39, 0.29) is 6.10 Å². The van der Waals surface area contributed by atoms with Crippen molar-refractivity contribution in [3.63, 3.8) is 0 Å². The van der Waals surface area contributed by atoms with Gasteiger partial charge in [0.05, 0.1) is 4.88 Å². The van der Waals surface area contributed by atoms with E-state index < -0.39 is 0 Å². The van der Waals surface area contributed by atoms with Gasteiger partial charge in [-0.15, -0.1) is 11.3 Å². The van der Waals surface area contributed by atoms with Gasteiger partial charge in [0.15, 0.2) is 4.47 Å². The largest absolute Gasteiger partial charge is 0.296 e. The fourth-order valence-corrected chi connectivity index (χ4v) is 1.46. The maximum absolute atomic E-state index is 5.57. The molecular formula is C5H7ClN2OS. The first-order valence-electron chi connectivity index (χ1n) is 2.71. The van der Waals surface area contributed by atoms with Crippen LogP contribution < -0.4 is 5.90 Å². The number of halogens is 1. The van der Waals surface area contributed by atoms with Crippen LogP contribution in [0.2, 0.25) is 4.47 Å². The van der Waals surface area contributed by atoms with Gasteiger partial charge in [0, 0.05) is 6.20 Å². The van der Waals surface area contributed by atoms with Gasteiger partial charge in [0.1, 0.15) is 6.10 Å². The molecule has 0 radical (unpaired) electrons. The van der Waals surface area contributed by atoms with Crippen molar-refractivity contribution in [1.29, 1.82) is 0 Å². The molecule has 1 rings (SSSR count). The third kappa shape index (κ3) is 1.67. The molecule has 0 aromatic carbocycles. The van der Waals surface area contributed by atoms with Crippen molar-refractivity contribution in [2.24, 2.45) is 5.90 Å². The van der Waals surface area contributed by atoms with Gasteiger partial charge in [-0.1, -0.05) is 11.6 Å². The van der Waals surface area contributed by atoms with Gasteiger partial charge in [0.2, 0.25) is 0 Å². The lowest BCUT2D eigenvalue weighted by Crippen LogP contribution is -2.03. The Bertz CT molecular complexity index is 215. The molecule has 3 nitrogen and oxygen atoms in total. The van der Waals surface area contributed by atoms with E-state index in [1.165, 1.54) is 11.3 Å². The van der Waals surface area contributed by atoms with Crippen LogP contribution in [0.5, 0.6) is 0 Å². The van der Waals surface area contributed by atoms with Gasteiger partial charge in [0.25, 0.3) is 0 Å². The van der Waals surface area contributed by atoms with Crippen LogP contribution in [0.4, 0.5) is 0 Å². The lowest BCUT2D eigenvalue weighted by atomic mass is 10.4. The zero-order chi connectivity index (χ0) is 7.56. The Morgan fingerprint density at radius 1 is 1.90 bits per heavy atom. The summed E-state index contributed by atoms with van der Waals surface area (Å²) < 4.78 is 0.513. The summed E-state index contributed by atoms with van der Waals surface area (Å²) in [4.78, 5) is 9.33. The summed E-state index contributed by atoms with van der Waals surface area (Å²) in [6.45, 7) is 1.84. The first-order chi connectivity index (χ1) is 4.74. The molecular weight excluding hydrogens is 172 g/mol. The quantitative estimate of drug-likeness (QED) is 0.702. The normalized spacial score (nSPS) is 13.5. The van der Waals surface area contributed by atoms with E-state index in [4.69, 9.17) is 17.5 Å². The number of rotatable bonds is 2. The van der Waals surface area contributed by atoms with Crippen molar-refractivity contribution >= 4 is 22.9 Å². The van der Waals surface area contributed by atoms with Crippen LogP contribution >= 0.6 is 22.9 Å². The van der Waals surface area contributed by atoms with Crippen molar-refractivity contribution in [3.05, 3.63) is 15.5 Å². The topological polar surface area (TPSA) is 48.1 Å². The summed E-state index contributed by atoms with van der Waals surface area (Å²) in [6.07, 6.45) is 1.54. The number of aromatic nitrogens is 1. The van der Waals surface area contributed by atoms with Crippen LogP contribution in [0, 0.1) is 0 Å². The average Bonchev–Trinajstić information content (AvgIpc) is 2.34. The monoisotopic (exact) mass is 178 g/mol. The second-order valence-corrected chi connectivity index (χ2v) is 3.44. The Balaban J connectivity index is 2.74. The summed E-state index contributed by atoms with van der Waals surface area (Å²) in [5.74, 6) is 4.95. The maximum atomic E-state index is 5.57. The number of nitrogens with zero attached hydrogens (tertiary/aromatic N) is 1. The lowest BCUT2D eigenvalue weighted by molar-refractivity contribution is 0.0687. The molecule has 0 saturated carbocycles. The molecule has 0 fully saturated rings. The minimum absolute atomic E-state index is 0.120. The molecule has 5 heteroatoms. The van der Waals surface area contributed by atoms with E-state index >= 15 is 0 Å². The predicted octanol–water partition coefficient (Wildman–Crippen LogP) is 1.75. The van der Waals surface area contributed by atoms with Crippen LogP contribution in [0.1, 0.15) is 17.9 Å². The van der Waals surface area contributed by atoms with E-state index in [1.807, 2.05) is 6.92 Å².